The van der Waals surface area contributed by atoms with Crippen molar-refractivity contribution < 1.29 is 4.79 Å². The van der Waals surface area contributed by atoms with Gasteiger partial charge in [-0.05, 0) is 48.6 Å². The molecule has 2 atom stereocenters. The van der Waals surface area contributed by atoms with Crippen molar-refractivity contribution in [3.05, 3.63) is 22.9 Å². The molecule has 0 aromatic carbocycles. The molecule has 2 aliphatic rings. The molecule has 4 heteroatoms. The zero-order valence-corrected chi connectivity index (χ0v) is 12.8. The number of Topliss-reactive ketones (excluding diaryl/α,β-unsaturated/α-hetero) is 1. The minimum Gasteiger partial charge on any atom is -0.373 e. The molecular weight excluding hydrogens is 262 g/mol. The van der Waals surface area contributed by atoms with Crippen molar-refractivity contribution in [2.75, 3.05) is 12.4 Å². The topological polar surface area (TPSA) is 65.8 Å². The molecule has 1 aromatic rings. The van der Waals surface area contributed by atoms with Gasteiger partial charge in [-0.1, -0.05) is 6.92 Å². The van der Waals surface area contributed by atoms with Gasteiger partial charge in [0.25, 0.3) is 0 Å². The number of aryl methyl sites for hydroxylation is 1. The fourth-order valence-electron chi connectivity index (χ4n) is 4.06. The third-order valence-corrected chi connectivity index (χ3v) is 5.40. The Labute approximate surface area is 125 Å². The van der Waals surface area contributed by atoms with E-state index in [1.54, 1.807) is 0 Å². The zero-order valence-electron chi connectivity index (χ0n) is 12.8. The number of pyridine rings is 1. The van der Waals surface area contributed by atoms with Crippen molar-refractivity contribution in [2.24, 2.45) is 5.92 Å². The van der Waals surface area contributed by atoms with Crippen molar-refractivity contribution >= 4 is 17.8 Å². The van der Waals surface area contributed by atoms with E-state index < -0.39 is 0 Å². The van der Waals surface area contributed by atoms with Crippen LogP contribution in [0.5, 0.6) is 0 Å². The Kier molecular flexibility index (Phi) is 3.56. The number of carbonyl (C=O) groups excluding carboxylic acids is 1. The third-order valence-electron chi connectivity index (χ3n) is 5.40. The molecule has 2 aliphatic carbocycles. The van der Waals surface area contributed by atoms with E-state index >= 15 is 0 Å². The Bertz CT molecular complexity index is 596. The lowest BCUT2D eigenvalue weighted by Gasteiger charge is -2.41. The van der Waals surface area contributed by atoms with Gasteiger partial charge in [-0.2, -0.15) is 0 Å². The van der Waals surface area contributed by atoms with Crippen molar-refractivity contribution in [1.82, 2.24) is 4.98 Å². The molecule has 0 spiro atoms. The number of ketones is 1. The molecule has 0 radical (unpaired) electrons. The lowest BCUT2D eigenvalue weighted by Crippen LogP contribution is -2.38. The normalized spacial score (nSPS) is 28.3. The molecule has 1 heterocycles. The van der Waals surface area contributed by atoms with Crippen LogP contribution in [-0.4, -0.2) is 24.0 Å². The average Bonchev–Trinajstić information content (AvgIpc) is 2.62. The first-order valence-corrected chi connectivity index (χ1v) is 7.83. The second-order valence-corrected chi connectivity index (χ2v) is 6.56. The van der Waals surface area contributed by atoms with Gasteiger partial charge in [-0.3, -0.25) is 4.79 Å². The van der Waals surface area contributed by atoms with Crippen LogP contribution in [0.2, 0.25) is 0 Å². The van der Waals surface area contributed by atoms with E-state index in [9.17, 15) is 4.79 Å². The lowest BCUT2D eigenvalue weighted by molar-refractivity contribution is -0.123. The second-order valence-electron chi connectivity index (χ2n) is 6.56. The maximum absolute atomic E-state index is 11.8. The summed E-state index contributed by atoms with van der Waals surface area (Å²) in [6.07, 6.45) is 6.86. The highest BCUT2D eigenvalue weighted by atomic mass is 16.1. The van der Waals surface area contributed by atoms with Gasteiger partial charge in [-0.15, -0.1) is 0 Å². The van der Waals surface area contributed by atoms with Crippen molar-refractivity contribution in [3.8, 4) is 0 Å². The van der Waals surface area contributed by atoms with Crippen LogP contribution >= 0.6 is 0 Å². The van der Waals surface area contributed by atoms with Crippen LogP contribution in [0, 0.1) is 11.3 Å². The number of carbonyl (C=O) groups is 1. The minimum absolute atomic E-state index is 0.0385. The summed E-state index contributed by atoms with van der Waals surface area (Å²) in [6.45, 7) is 2.29. The van der Waals surface area contributed by atoms with E-state index in [4.69, 9.17) is 10.4 Å². The average molecular weight is 285 g/mol. The summed E-state index contributed by atoms with van der Waals surface area (Å²) in [4.78, 5) is 16.6. The molecule has 1 saturated carbocycles. The summed E-state index contributed by atoms with van der Waals surface area (Å²) in [6, 6.07) is 2.13. The summed E-state index contributed by atoms with van der Waals surface area (Å²) in [5.41, 5.74) is 3.31. The Balaban J connectivity index is 2.14. The predicted octanol–water partition coefficient (Wildman–Crippen LogP) is 3.08. The number of aromatic nitrogens is 1. The molecule has 0 aliphatic heterocycles. The van der Waals surface area contributed by atoms with Gasteiger partial charge >= 0.3 is 0 Å². The van der Waals surface area contributed by atoms with E-state index in [0.29, 0.717) is 24.5 Å². The van der Waals surface area contributed by atoms with Gasteiger partial charge in [0.15, 0.2) is 0 Å². The first kappa shape index (κ1) is 14.2. The Morgan fingerprint density at radius 2 is 2.29 bits per heavy atom. The molecule has 2 N–H and O–H groups in total. The Morgan fingerprint density at radius 1 is 1.48 bits per heavy atom. The van der Waals surface area contributed by atoms with E-state index in [-0.39, 0.29) is 5.41 Å². The first-order valence-electron chi connectivity index (χ1n) is 7.83. The van der Waals surface area contributed by atoms with Gasteiger partial charge < -0.3 is 10.7 Å². The first-order chi connectivity index (χ1) is 10.1. The van der Waals surface area contributed by atoms with E-state index in [1.807, 2.05) is 7.05 Å². The molecule has 0 bridgehead atoms. The number of nitrogens with one attached hydrogen (secondary N) is 2. The van der Waals surface area contributed by atoms with Crippen molar-refractivity contribution in [3.63, 3.8) is 0 Å². The van der Waals surface area contributed by atoms with Crippen LogP contribution in [-0.2, 0) is 16.6 Å². The fraction of sp³-hybridized carbons (Fsp3) is 0.588. The standard InChI is InChI=1S/C17H23N3O/c1-17-7-6-13(21)9-12(17)4-3-5-15-14(17)8-11(10-18)16(19-2)20-15/h8,10,12,18H,3-7,9H2,1-2H3,(H,19,20)/t12-,17+/m0/s1. The highest BCUT2D eigenvalue weighted by Crippen LogP contribution is 2.48. The summed E-state index contributed by atoms with van der Waals surface area (Å²) in [7, 11) is 1.85. The molecule has 0 unspecified atom stereocenters. The van der Waals surface area contributed by atoms with Crippen LogP contribution in [0.4, 0.5) is 5.82 Å². The van der Waals surface area contributed by atoms with Crippen LogP contribution in [0.3, 0.4) is 0 Å². The molecule has 0 saturated heterocycles. The largest absolute Gasteiger partial charge is 0.373 e. The minimum atomic E-state index is 0.0385. The smallest absolute Gasteiger partial charge is 0.134 e. The summed E-state index contributed by atoms with van der Waals surface area (Å²) in [5.74, 6) is 1.63. The van der Waals surface area contributed by atoms with Crippen LogP contribution in [0.1, 0.15) is 55.8 Å². The molecule has 112 valence electrons. The highest BCUT2D eigenvalue weighted by Gasteiger charge is 2.43. The van der Waals surface area contributed by atoms with Gasteiger partial charge in [0.1, 0.15) is 11.6 Å². The van der Waals surface area contributed by atoms with Gasteiger partial charge in [0, 0.05) is 37.4 Å². The molecule has 1 aromatic heterocycles. The number of hydrogen-bond donors (Lipinski definition) is 2. The van der Waals surface area contributed by atoms with Crippen molar-refractivity contribution in [2.45, 2.75) is 50.9 Å². The van der Waals surface area contributed by atoms with Crippen LogP contribution in [0.15, 0.2) is 6.07 Å². The summed E-state index contributed by atoms with van der Waals surface area (Å²) in [5, 5.41) is 10.7. The second kappa shape index (κ2) is 5.24. The van der Waals surface area contributed by atoms with E-state index in [0.717, 1.165) is 42.8 Å². The number of anilines is 1. The van der Waals surface area contributed by atoms with E-state index in [1.165, 1.54) is 11.8 Å². The third kappa shape index (κ3) is 2.27. The van der Waals surface area contributed by atoms with Gasteiger partial charge in [0.2, 0.25) is 0 Å². The molecule has 4 nitrogen and oxygen atoms in total. The lowest BCUT2D eigenvalue weighted by atomic mass is 9.63. The molecule has 21 heavy (non-hydrogen) atoms. The number of fused-ring (bicyclic) bond motifs is 3. The van der Waals surface area contributed by atoms with E-state index in [2.05, 4.69) is 18.3 Å². The molecule has 0 amide bonds. The van der Waals surface area contributed by atoms with Crippen LogP contribution in [0.25, 0.3) is 0 Å². The predicted molar refractivity (Wildman–Crippen MR) is 84.3 cm³/mol. The molecule has 3 rings (SSSR count). The number of rotatable bonds is 2. The maximum atomic E-state index is 11.8. The Hall–Kier alpha value is -1.71. The SMILES string of the molecule is CNc1nc2c(cc1C=N)[C@]1(C)CCC(=O)C[C@@H]1CCC2. The monoisotopic (exact) mass is 285 g/mol. The van der Waals surface area contributed by atoms with Gasteiger partial charge in [0.05, 0.1) is 0 Å². The fourth-order valence-corrected chi connectivity index (χ4v) is 4.06. The maximum Gasteiger partial charge on any atom is 0.134 e. The van der Waals surface area contributed by atoms with Crippen molar-refractivity contribution in [1.29, 1.82) is 5.41 Å². The molecular formula is C17H23N3O. The number of hydrogen-bond acceptors (Lipinski definition) is 4. The highest BCUT2D eigenvalue weighted by molar-refractivity contribution is 5.85. The van der Waals surface area contributed by atoms with Gasteiger partial charge in [-0.25, -0.2) is 4.98 Å². The summed E-state index contributed by atoms with van der Waals surface area (Å²) < 4.78 is 0. The number of nitrogens with zero attached hydrogens (tertiary/aromatic N) is 1. The van der Waals surface area contributed by atoms with Crippen LogP contribution < -0.4 is 5.32 Å². The Morgan fingerprint density at radius 3 is 3.00 bits per heavy atom. The molecule has 1 fully saturated rings. The summed E-state index contributed by atoms with van der Waals surface area (Å²) >= 11 is 0. The quantitative estimate of drug-likeness (QED) is 0.821. The zero-order chi connectivity index (χ0) is 15.0.